The maximum absolute atomic E-state index is 15.4. The van der Waals surface area contributed by atoms with Crippen LogP contribution in [0.3, 0.4) is 0 Å². The molecule has 1 aromatic carbocycles. The zero-order chi connectivity index (χ0) is 45.1. The molecular weight excluding hydrogens is 808 g/mol. The number of nitrogens with zero attached hydrogens (tertiary/aromatic N) is 1. The van der Waals surface area contributed by atoms with Crippen LogP contribution in [0.4, 0.5) is 9.59 Å². The van der Waals surface area contributed by atoms with Crippen LogP contribution in [0.1, 0.15) is 89.8 Å². The number of ether oxygens (including phenoxy) is 8. The Balaban J connectivity index is 1.42. The van der Waals surface area contributed by atoms with Gasteiger partial charge in [-0.25, -0.2) is 19.2 Å². The molecule has 17 heteroatoms. The number of methoxy groups -OCH3 is 2. The highest BCUT2D eigenvalue weighted by atomic mass is 16.8. The number of aromatic nitrogens is 1. The second-order valence-corrected chi connectivity index (χ2v) is 18.1. The largest absolute Gasteiger partial charge is 0.509 e. The summed E-state index contributed by atoms with van der Waals surface area (Å²) in [5, 5.41) is 14.3. The zero-order valence-corrected chi connectivity index (χ0v) is 36.2. The number of rotatable bonds is 10. The SMILES string of the molecule is CO[C@H]1C(=O)C2[C@@H](OC)C[C@H]3CC[C@@]3(OC(C)=O)[C@H]2[C@H](OC(=O)c2ccccc2)[C@]23OC(=O)O[C@H]2[C@H](OC(=O)[C@H](O)[C@@H](NC(=O)OC(C)(C)C)c2ccccn2)C(C)=C1C3(C)C. The number of alkyl carbamates (subject to hydrolysis) is 1. The Hall–Kier alpha value is -5.39. The van der Waals surface area contributed by atoms with Gasteiger partial charge in [0, 0.05) is 38.7 Å². The Bertz CT molecular complexity index is 2140. The summed E-state index contributed by atoms with van der Waals surface area (Å²) in [5.74, 6) is -6.05. The minimum Gasteiger partial charge on any atom is -0.458 e. The van der Waals surface area contributed by atoms with E-state index in [9.17, 15) is 29.1 Å². The number of hydrogen-bond acceptors (Lipinski definition) is 16. The lowest BCUT2D eigenvalue weighted by atomic mass is 9.44. The van der Waals surface area contributed by atoms with Crippen LogP contribution in [0.15, 0.2) is 65.9 Å². The lowest BCUT2D eigenvalue weighted by Gasteiger charge is -2.65. The van der Waals surface area contributed by atoms with Crippen LogP contribution < -0.4 is 5.32 Å². The summed E-state index contributed by atoms with van der Waals surface area (Å²) in [5.41, 5.74) is -5.38. The number of Topliss-reactive ketones (excluding diaryl/α,β-unsaturated/α-hetero) is 1. The average Bonchev–Trinajstić information content (AvgIpc) is 3.58. The third-order valence-corrected chi connectivity index (χ3v) is 13.3. The Labute approximate surface area is 359 Å². The average molecular weight is 863 g/mol. The highest BCUT2D eigenvalue weighted by molar-refractivity contribution is 5.92. The summed E-state index contributed by atoms with van der Waals surface area (Å²) in [6.45, 7) is 11.1. The van der Waals surface area contributed by atoms with Gasteiger partial charge in [0.25, 0.3) is 0 Å². The minimum absolute atomic E-state index is 0.0831. The number of benzene rings is 1. The van der Waals surface area contributed by atoms with Crippen molar-refractivity contribution in [3.8, 4) is 0 Å². The van der Waals surface area contributed by atoms with E-state index in [-0.39, 0.29) is 34.7 Å². The molecule has 3 saturated carbocycles. The van der Waals surface area contributed by atoms with E-state index in [1.165, 1.54) is 45.5 Å². The second kappa shape index (κ2) is 16.4. The maximum atomic E-state index is 15.4. The molecule has 2 N–H and O–H groups in total. The van der Waals surface area contributed by atoms with E-state index < -0.39 is 113 Å². The zero-order valence-electron chi connectivity index (χ0n) is 36.2. The number of aliphatic hydroxyl groups is 1. The lowest BCUT2D eigenvalue weighted by Crippen LogP contribution is -2.78. The number of aliphatic hydroxyl groups excluding tert-OH is 1. The van der Waals surface area contributed by atoms with Gasteiger partial charge in [0.1, 0.15) is 23.3 Å². The van der Waals surface area contributed by atoms with E-state index in [0.717, 1.165) is 0 Å². The fourth-order valence-corrected chi connectivity index (χ4v) is 10.8. The fourth-order valence-electron chi connectivity index (χ4n) is 10.8. The Morgan fingerprint density at radius 1 is 0.984 bits per heavy atom. The van der Waals surface area contributed by atoms with Crippen LogP contribution in [0.2, 0.25) is 0 Å². The third kappa shape index (κ3) is 7.30. The van der Waals surface area contributed by atoms with Crippen LogP contribution >= 0.6 is 0 Å². The minimum atomic E-state index is -2.14. The fraction of sp³-hybridized carbons (Fsp3) is 0.578. The smallest absolute Gasteiger partial charge is 0.458 e. The molecule has 12 atom stereocenters. The van der Waals surface area contributed by atoms with Crippen molar-refractivity contribution in [2.75, 3.05) is 14.2 Å². The molecule has 1 spiro atoms. The first kappa shape index (κ1) is 44.7. The van der Waals surface area contributed by atoms with Gasteiger partial charge in [0.05, 0.1) is 29.2 Å². The van der Waals surface area contributed by atoms with Crippen molar-refractivity contribution >= 4 is 35.9 Å². The van der Waals surface area contributed by atoms with Gasteiger partial charge in [-0.3, -0.25) is 14.6 Å². The molecule has 1 aromatic heterocycles. The van der Waals surface area contributed by atoms with Gasteiger partial charge in [-0.15, -0.1) is 0 Å². The van der Waals surface area contributed by atoms with Crippen LogP contribution in [0.5, 0.6) is 0 Å². The first-order valence-corrected chi connectivity index (χ1v) is 20.7. The molecule has 4 fully saturated rings. The van der Waals surface area contributed by atoms with Gasteiger partial charge in [-0.1, -0.05) is 38.1 Å². The molecule has 2 heterocycles. The van der Waals surface area contributed by atoms with Gasteiger partial charge >= 0.3 is 30.2 Å². The number of amides is 1. The molecule has 2 aromatic rings. The first-order valence-electron chi connectivity index (χ1n) is 20.7. The van der Waals surface area contributed by atoms with Crippen molar-refractivity contribution < 1.29 is 71.8 Å². The second-order valence-electron chi connectivity index (χ2n) is 18.1. The molecule has 62 heavy (non-hydrogen) atoms. The monoisotopic (exact) mass is 862 g/mol. The number of fused-ring (bicyclic) bond motifs is 4. The van der Waals surface area contributed by atoms with Gasteiger partial charge in [-0.2, -0.15) is 0 Å². The predicted molar refractivity (Wildman–Crippen MR) is 214 cm³/mol. The summed E-state index contributed by atoms with van der Waals surface area (Å²) < 4.78 is 49.1. The van der Waals surface area contributed by atoms with Gasteiger partial charge in [0.2, 0.25) is 5.60 Å². The van der Waals surface area contributed by atoms with Crippen LogP contribution in [0, 0.1) is 23.2 Å². The standard InChI is InChI=1S/C45H54N2O15/c1-22-29-35(56-9)32(49)28-27(55-8)21-25-18-19-44(25,60-23(2)48)30(28)36(58-38(51)24-15-11-10-12-16-24)45(43(29,6)7)37(59-41(54)62-45)34(22)57-39(52)33(50)31(26-17-13-14-20-46-26)47-40(53)61-42(3,4)5/h10-17,20,25,27-28,30-31,33-37,50H,18-19,21H2,1-9H3,(H,47,53)/t25-,27+,28?,30-,31+,33-,34-,35-,36+,37+,44+,45+/m1/s1. The molecule has 1 unspecified atom stereocenters. The number of carbonyl (C=O) groups excluding carboxylic acids is 6. The van der Waals surface area contributed by atoms with Crippen LogP contribution in [0.25, 0.3) is 0 Å². The van der Waals surface area contributed by atoms with Crippen molar-refractivity contribution in [1.29, 1.82) is 0 Å². The van der Waals surface area contributed by atoms with Gasteiger partial charge < -0.3 is 48.3 Å². The number of pyridine rings is 1. The third-order valence-electron chi connectivity index (χ3n) is 13.3. The molecule has 7 rings (SSSR count). The number of carbonyl (C=O) groups is 6. The Morgan fingerprint density at radius 3 is 2.26 bits per heavy atom. The van der Waals surface area contributed by atoms with Crippen molar-refractivity contribution in [2.24, 2.45) is 23.2 Å². The first-order chi connectivity index (χ1) is 29.2. The maximum Gasteiger partial charge on any atom is 0.509 e. The van der Waals surface area contributed by atoms with Crippen molar-refractivity contribution in [3.05, 3.63) is 77.1 Å². The topological polar surface area (TPSA) is 221 Å². The molecule has 4 aliphatic carbocycles. The highest BCUT2D eigenvalue weighted by Gasteiger charge is 2.80. The molecule has 0 radical (unpaired) electrons. The van der Waals surface area contributed by atoms with E-state index in [0.29, 0.717) is 12.8 Å². The van der Waals surface area contributed by atoms with Crippen molar-refractivity contribution in [3.63, 3.8) is 0 Å². The molecule has 2 bridgehead atoms. The Morgan fingerprint density at radius 2 is 1.68 bits per heavy atom. The predicted octanol–water partition coefficient (Wildman–Crippen LogP) is 4.74. The van der Waals surface area contributed by atoms with E-state index in [1.54, 1.807) is 71.9 Å². The van der Waals surface area contributed by atoms with Crippen molar-refractivity contribution in [2.45, 2.75) is 127 Å². The van der Waals surface area contributed by atoms with E-state index >= 15 is 4.79 Å². The summed E-state index contributed by atoms with van der Waals surface area (Å²) in [6.07, 6.45) is -8.82. The molecular formula is C45H54N2O15. The Kier molecular flexibility index (Phi) is 11.8. The summed E-state index contributed by atoms with van der Waals surface area (Å²) in [4.78, 5) is 88.7. The summed E-state index contributed by atoms with van der Waals surface area (Å²) >= 11 is 0. The normalized spacial score (nSPS) is 32.9. The van der Waals surface area contributed by atoms with Crippen LogP contribution in [-0.4, -0.2) is 114 Å². The molecule has 334 valence electrons. The molecule has 5 aliphatic rings. The number of esters is 3. The number of ketones is 1. The highest BCUT2D eigenvalue weighted by Crippen LogP contribution is 2.66. The molecule has 1 saturated heterocycles. The van der Waals surface area contributed by atoms with E-state index in [4.69, 9.17) is 37.9 Å². The number of nitrogens with one attached hydrogen (secondary N) is 1. The summed E-state index contributed by atoms with van der Waals surface area (Å²) in [6, 6.07) is 11.2. The van der Waals surface area contributed by atoms with E-state index in [1.807, 2.05) is 0 Å². The molecule has 17 nitrogen and oxygen atoms in total. The van der Waals surface area contributed by atoms with Crippen molar-refractivity contribution in [1.82, 2.24) is 10.3 Å². The summed E-state index contributed by atoms with van der Waals surface area (Å²) in [7, 11) is 2.80. The van der Waals surface area contributed by atoms with Gasteiger partial charge in [0.15, 0.2) is 30.2 Å². The van der Waals surface area contributed by atoms with Gasteiger partial charge in [-0.05, 0) is 82.4 Å². The van der Waals surface area contributed by atoms with E-state index in [2.05, 4.69) is 10.3 Å². The molecule has 1 amide bonds. The molecule has 1 aliphatic heterocycles. The quantitative estimate of drug-likeness (QED) is 0.187. The lowest BCUT2D eigenvalue weighted by molar-refractivity contribution is -0.280. The van der Waals surface area contributed by atoms with Crippen LogP contribution in [-0.2, 0) is 52.3 Å². The number of hydrogen-bond donors (Lipinski definition) is 2.